The zero-order valence-electron chi connectivity index (χ0n) is 23.9. The molecule has 0 amide bonds. The molecule has 0 saturated heterocycles. The number of hydrogen-bond acceptors (Lipinski definition) is 5. The Labute approximate surface area is 255 Å². The molecule has 1 aromatic heterocycles. The van der Waals surface area contributed by atoms with E-state index < -0.39 is 0 Å². The maximum atomic E-state index is 6.56. The number of nitrogens with one attached hydrogen (secondary N) is 1. The van der Waals surface area contributed by atoms with Crippen LogP contribution in [-0.2, 0) is 0 Å². The van der Waals surface area contributed by atoms with Crippen LogP contribution in [0.3, 0.4) is 0 Å². The van der Waals surface area contributed by atoms with E-state index in [1.54, 1.807) is 11.2 Å². The molecule has 8 rings (SSSR count). The number of hydrazine groups is 1. The molecule has 1 aliphatic rings. The minimum Gasteiger partial charge on any atom is -0.397 e. The van der Waals surface area contributed by atoms with Crippen molar-refractivity contribution in [2.75, 3.05) is 15.2 Å². The summed E-state index contributed by atoms with van der Waals surface area (Å²) in [7, 11) is 0. The lowest BCUT2D eigenvalue weighted by Gasteiger charge is -2.34. The van der Waals surface area contributed by atoms with Crippen LogP contribution < -0.4 is 26.8 Å². The number of para-hydroxylation sites is 6. The normalized spacial score (nSPS) is 12.6. The Morgan fingerprint density at radius 3 is 1.66 bits per heavy atom. The second kappa shape index (κ2) is 10.4. The lowest BCUT2D eigenvalue weighted by atomic mass is 10.1. The number of aromatic nitrogens is 1. The number of benzene rings is 6. The molecule has 6 heteroatoms. The fourth-order valence-electron chi connectivity index (χ4n) is 6.18. The van der Waals surface area contributed by atoms with E-state index >= 15 is 0 Å². The predicted molar refractivity (Wildman–Crippen MR) is 184 cm³/mol. The van der Waals surface area contributed by atoms with Gasteiger partial charge in [-0.15, -0.1) is 0 Å². The number of hydrogen-bond donors (Lipinski definition) is 3. The average Bonchev–Trinajstić information content (AvgIpc) is 3.42. The van der Waals surface area contributed by atoms with Gasteiger partial charge in [-0.2, -0.15) is 0 Å². The second-order valence-corrected chi connectivity index (χ2v) is 10.9. The largest absolute Gasteiger partial charge is 0.397 e. The molecule has 7 aromatic rings. The van der Waals surface area contributed by atoms with E-state index in [0.29, 0.717) is 5.70 Å². The number of fused-ring (bicyclic) bond motifs is 5. The van der Waals surface area contributed by atoms with Gasteiger partial charge in [0.25, 0.3) is 0 Å². The zero-order valence-corrected chi connectivity index (χ0v) is 23.9. The lowest BCUT2D eigenvalue weighted by molar-refractivity contribution is 1.07. The maximum absolute atomic E-state index is 6.56. The molecule has 0 saturated carbocycles. The van der Waals surface area contributed by atoms with E-state index in [9.17, 15) is 0 Å². The van der Waals surface area contributed by atoms with Crippen LogP contribution in [-0.4, -0.2) is 4.57 Å². The highest BCUT2D eigenvalue weighted by Crippen LogP contribution is 2.47. The topological polar surface area (TPSA) is 75.5 Å². The molecule has 0 aliphatic carbocycles. The smallest absolute Gasteiger partial charge is 0.0697 e. The number of nitrogens with zero attached hydrogens (tertiary/aromatic N) is 3. The Hall–Kier alpha value is -5.98. The summed E-state index contributed by atoms with van der Waals surface area (Å²) < 4.78 is 2.29. The van der Waals surface area contributed by atoms with Crippen molar-refractivity contribution in [1.29, 1.82) is 0 Å². The van der Waals surface area contributed by atoms with Gasteiger partial charge in [0.05, 0.1) is 45.2 Å². The summed E-state index contributed by atoms with van der Waals surface area (Å²) in [5, 5.41) is 7.59. The highest BCUT2D eigenvalue weighted by atomic mass is 15.4. The van der Waals surface area contributed by atoms with Crippen LogP contribution >= 0.6 is 0 Å². The van der Waals surface area contributed by atoms with Gasteiger partial charge in [0.15, 0.2) is 0 Å². The third-order valence-corrected chi connectivity index (χ3v) is 8.28. The molecule has 2 heterocycles. The SMILES string of the molecule is N/C(=C\N(N)c1ccc(-n2c3ccccc3c3ccccc32)cc1)c1ccc(N2c3ccccc3Nc3ccccc32)cc1. The molecule has 6 nitrogen and oxygen atoms in total. The summed E-state index contributed by atoms with van der Waals surface area (Å²) >= 11 is 0. The minimum atomic E-state index is 0.576. The molecule has 6 aromatic carbocycles. The van der Waals surface area contributed by atoms with Gasteiger partial charge in [0, 0.05) is 28.3 Å². The molecule has 5 N–H and O–H groups in total. The molecule has 0 fully saturated rings. The van der Waals surface area contributed by atoms with Gasteiger partial charge in [-0.3, -0.25) is 5.01 Å². The van der Waals surface area contributed by atoms with Crippen molar-refractivity contribution >= 4 is 61.6 Å². The molecular formula is C38H30N6. The van der Waals surface area contributed by atoms with Crippen LogP contribution in [0.1, 0.15) is 5.56 Å². The summed E-state index contributed by atoms with van der Waals surface area (Å²) in [4.78, 5) is 2.26. The van der Waals surface area contributed by atoms with Crippen LogP contribution in [0.5, 0.6) is 0 Å². The Bertz CT molecular complexity index is 2080. The molecule has 44 heavy (non-hydrogen) atoms. The fourth-order valence-corrected chi connectivity index (χ4v) is 6.18. The highest BCUT2D eigenvalue weighted by Gasteiger charge is 2.23. The summed E-state index contributed by atoms with van der Waals surface area (Å²) in [6, 6.07) is 50.1. The molecule has 212 valence electrons. The van der Waals surface area contributed by atoms with Crippen molar-refractivity contribution < 1.29 is 0 Å². The third kappa shape index (κ3) is 4.24. The average molecular weight is 571 g/mol. The molecule has 0 radical (unpaired) electrons. The standard InChI is InChI=1S/C38H30N6/c39-32(26-17-19-28(20-18-26)44-37-15-7-3-11-33(37)41-34-12-4-8-16-38(34)44)25-42(40)27-21-23-29(24-22-27)43-35-13-5-1-9-30(35)31-10-2-6-14-36(31)43/h1-25,41H,39-40H2/b32-25-. The predicted octanol–water partition coefficient (Wildman–Crippen LogP) is 8.95. The van der Waals surface area contributed by atoms with Gasteiger partial charge in [0.2, 0.25) is 0 Å². The van der Waals surface area contributed by atoms with Gasteiger partial charge in [-0.1, -0.05) is 72.8 Å². The Morgan fingerprint density at radius 2 is 1.07 bits per heavy atom. The first-order valence-corrected chi connectivity index (χ1v) is 14.6. The zero-order chi connectivity index (χ0) is 29.6. The highest BCUT2D eigenvalue weighted by molar-refractivity contribution is 6.09. The Morgan fingerprint density at radius 1 is 0.568 bits per heavy atom. The number of rotatable bonds is 5. The van der Waals surface area contributed by atoms with Crippen molar-refractivity contribution in [1.82, 2.24) is 4.57 Å². The van der Waals surface area contributed by atoms with Crippen molar-refractivity contribution in [3.8, 4) is 5.69 Å². The third-order valence-electron chi connectivity index (χ3n) is 8.28. The Balaban J connectivity index is 1.06. The van der Waals surface area contributed by atoms with Gasteiger partial charge in [-0.25, -0.2) is 5.84 Å². The molecule has 0 spiro atoms. The first-order chi connectivity index (χ1) is 21.7. The van der Waals surface area contributed by atoms with E-state index in [4.69, 9.17) is 11.6 Å². The molecule has 0 atom stereocenters. The number of nitrogens with two attached hydrogens (primary N) is 2. The maximum Gasteiger partial charge on any atom is 0.0697 e. The van der Waals surface area contributed by atoms with E-state index in [1.165, 1.54) is 21.8 Å². The van der Waals surface area contributed by atoms with Crippen molar-refractivity contribution in [2.45, 2.75) is 0 Å². The first-order valence-electron chi connectivity index (χ1n) is 14.6. The lowest BCUT2D eigenvalue weighted by Crippen LogP contribution is -2.25. The quantitative estimate of drug-likeness (QED) is 0.142. The summed E-state index contributed by atoms with van der Waals surface area (Å²) in [5.41, 5.74) is 17.7. The van der Waals surface area contributed by atoms with Gasteiger partial charge < -0.3 is 20.5 Å². The summed E-state index contributed by atoms with van der Waals surface area (Å²) in [5.74, 6) is 6.49. The van der Waals surface area contributed by atoms with Gasteiger partial charge >= 0.3 is 0 Å². The van der Waals surface area contributed by atoms with Crippen molar-refractivity contribution in [3.05, 3.63) is 157 Å². The van der Waals surface area contributed by atoms with E-state index in [2.05, 4.69) is 124 Å². The summed E-state index contributed by atoms with van der Waals surface area (Å²) in [6.07, 6.45) is 1.76. The second-order valence-electron chi connectivity index (χ2n) is 10.9. The fraction of sp³-hybridized carbons (Fsp3) is 0. The monoisotopic (exact) mass is 570 g/mol. The molecular weight excluding hydrogens is 540 g/mol. The van der Waals surface area contributed by atoms with Crippen LogP contribution in [0.4, 0.5) is 34.1 Å². The van der Waals surface area contributed by atoms with E-state index in [1.807, 2.05) is 36.4 Å². The van der Waals surface area contributed by atoms with Crippen LogP contribution in [0.25, 0.3) is 33.2 Å². The van der Waals surface area contributed by atoms with Crippen LogP contribution in [0, 0.1) is 0 Å². The summed E-state index contributed by atoms with van der Waals surface area (Å²) in [6.45, 7) is 0. The molecule has 0 unspecified atom stereocenters. The van der Waals surface area contributed by atoms with Crippen LogP contribution in [0.15, 0.2) is 152 Å². The van der Waals surface area contributed by atoms with Gasteiger partial charge in [-0.05, 0) is 78.4 Å². The van der Waals surface area contributed by atoms with Crippen LogP contribution in [0.2, 0.25) is 0 Å². The van der Waals surface area contributed by atoms with Crippen molar-refractivity contribution in [3.63, 3.8) is 0 Å². The first kappa shape index (κ1) is 25.7. The van der Waals surface area contributed by atoms with Gasteiger partial charge in [0.1, 0.15) is 0 Å². The number of anilines is 6. The molecule has 1 aliphatic heterocycles. The minimum absolute atomic E-state index is 0.576. The Kier molecular flexibility index (Phi) is 6.07. The van der Waals surface area contributed by atoms with E-state index in [0.717, 1.165) is 45.4 Å². The molecule has 0 bridgehead atoms. The van der Waals surface area contributed by atoms with E-state index in [-0.39, 0.29) is 0 Å². The van der Waals surface area contributed by atoms with Crippen molar-refractivity contribution in [2.24, 2.45) is 11.6 Å².